The molecule has 1 aliphatic heterocycles. The number of amides is 1. The Morgan fingerprint density at radius 2 is 1.72 bits per heavy atom. The summed E-state index contributed by atoms with van der Waals surface area (Å²) < 4.78 is 0. The van der Waals surface area contributed by atoms with Crippen LogP contribution in [0.1, 0.15) is 48.5 Å². The van der Waals surface area contributed by atoms with Crippen LogP contribution in [-0.4, -0.2) is 48.4 Å². The highest BCUT2D eigenvalue weighted by Gasteiger charge is 2.38. The van der Waals surface area contributed by atoms with Gasteiger partial charge in [0.2, 0.25) is 5.91 Å². The molecule has 1 heterocycles. The van der Waals surface area contributed by atoms with Gasteiger partial charge in [-0.15, -0.1) is 0 Å². The average Bonchev–Trinajstić information content (AvgIpc) is 2.15. The Morgan fingerprint density at radius 1 is 1.28 bits per heavy atom. The van der Waals surface area contributed by atoms with Gasteiger partial charge >= 0.3 is 0 Å². The van der Waals surface area contributed by atoms with Crippen molar-refractivity contribution in [2.75, 3.05) is 26.7 Å². The van der Waals surface area contributed by atoms with Crippen molar-refractivity contribution in [2.24, 2.45) is 11.3 Å². The summed E-state index contributed by atoms with van der Waals surface area (Å²) in [6, 6.07) is 0.434. The van der Waals surface area contributed by atoms with Crippen LogP contribution in [0, 0.1) is 11.3 Å². The zero-order valence-corrected chi connectivity index (χ0v) is 13.6. The molecule has 18 heavy (non-hydrogen) atoms. The second-order valence-corrected chi connectivity index (χ2v) is 6.37. The molecule has 3 nitrogen and oxygen atoms in total. The summed E-state index contributed by atoms with van der Waals surface area (Å²) in [5.41, 5.74) is 0.334. The number of nitrogens with zero attached hydrogens (tertiary/aromatic N) is 2. The van der Waals surface area contributed by atoms with Gasteiger partial charge in [-0.1, -0.05) is 34.6 Å². The van der Waals surface area contributed by atoms with Gasteiger partial charge in [0, 0.05) is 19.1 Å². The van der Waals surface area contributed by atoms with Gasteiger partial charge in [0.15, 0.2) is 0 Å². The van der Waals surface area contributed by atoms with Crippen LogP contribution in [0.2, 0.25) is 0 Å². The molecule has 0 aliphatic carbocycles. The standard InChI is InChI=1S/C13H26N2O.C2H6/c1-10(2)14(6)9-12(16)15-7-11(8-15)13(3,4)5;1-2/h10-11H,7-9H2,1-6H3;1-2H3. The van der Waals surface area contributed by atoms with Crippen LogP contribution >= 0.6 is 0 Å². The quantitative estimate of drug-likeness (QED) is 0.775. The highest BCUT2D eigenvalue weighted by Crippen LogP contribution is 2.33. The Bertz CT molecular complexity index is 250. The van der Waals surface area contributed by atoms with Crippen molar-refractivity contribution in [3.63, 3.8) is 0 Å². The minimum Gasteiger partial charge on any atom is -0.341 e. The molecule has 0 aromatic rings. The molecule has 0 atom stereocenters. The fraction of sp³-hybridized carbons (Fsp3) is 0.933. The number of likely N-dealkylation sites (tertiary alicyclic amines) is 1. The van der Waals surface area contributed by atoms with E-state index in [0.29, 0.717) is 23.9 Å². The molecule has 0 saturated carbocycles. The van der Waals surface area contributed by atoms with Crippen LogP contribution in [0.5, 0.6) is 0 Å². The molecule has 0 N–H and O–H groups in total. The second-order valence-electron chi connectivity index (χ2n) is 6.37. The van der Waals surface area contributed by atoms with Crippen molar-refractivity contribution in [3.05, 3.63) is 0 Å². The lowest BCUT2D eigenvalue weighted by atomic mass is 9.76. The normalized spacial score (nSPS) is 16.4. The lowest BCUT2D eigenvalue weighted by molar-refractivity contribution is -0.141. The number of likely N-dealkylation sites (N-methyl/N-ethyl adjacent to an activating group) is 1. The van der Waals surface area contributed by atoms with E-state index in [-0.39, 0.29) is 5.91 Å². The van der Waals surface area contributed by atoms with Crippen LogP contribution < -0.4 is 0 Å². The molecule has 0 aromatic heterocycles. The number of carbonyl (C=O) groups excluding carboxylic acids is 1. The molecule has 1 fully saturated rings. The van der Waals surface area contributed by atoms with E-state index in [1.807, 2.05) is 25.8 Å². The third kappa shape index (κ3) is 4.97. The van der Waals surface area contributed by atoms with E-state index in [1.165, 1.54) is 0 Å². The van der Waals surface area contributed by atoms with Gasteiger partial charge in [0.25, 0.3) is 0 Å². The summed E-state index contributed by atoms with van der Waals surface area (Å²) in [6.45, 7) is 17.4. The maximum Gasteiger partial charge on any atom is 0.236 e. The van der Waals surface area contributed by atoms with Gasteiger partial charge in [-0.25, -0.2) is 0 Å². The number of hydrogen-bond donors (Lipinski definition) is 0. The summed E-state index contributed by atoms with van der Waals surface area (Å²) >= 11 is 0. The van der Waals surface area contributed by atoms with E-state index in [2.05, 4.69) is 39.5 Å². The molecule has 0 bridgehead atoms. The Labute approximate surface area is 114 Å². The molecule has 0 aromatic carbocycles. The first-order valence-corrected chi connectivity index (χ1v) is 7.20. The second kappa shape index (κ2) is 7.13. The zero-order chi connectivity index (χ0) is 14.5. The molecule has 0 unspecified atom stereocenters. The van der Waals surface area contributed by atoms with Crippen molar-refractivity contribution < 1.29 is 4.79 Å². The van der Waals surface area contributed by atoms with E-state index >= 15 is 0 Å². The topological polar surface area (TPSA) is 23.6 Å². The SMILES string of the molecule is CC.CC(C)N(C)CC(=O)N1CC(C(C)(C)C)C1. The minimum atomic E-state index is 0.275. The number of hydrogen-bond acceptors (Lipinski definition) is 2. The highest BCUT2D eigenvalue weighted by atomic mass is 16.2. The van der Waals surface area contributed by atoms with Gasteiger partial charge in [0.1, 0.15) is 0 Å². The summed E-state index contributed by atoms with van der Waals surface area (Å²) in [5.74, 6) is 0.942. The fourth-order valence-corrected chi connectivity index (χ4v) is 1.73. The van der Waals surface area contributed by atoms with E-state index < -0.39 is 0 Å². The number of rotatable bonds is 3. The van der Waals surface area contributed by atoms with E-state index in [4.69, 9.17) is 0 Å². The maximum absolute atomic E-state index is 11.9. The third-order valence-corrected chi connectivity index (χ3v) is 3.73. The van der Waals surface area contributed by atoms with E-state index in [0.717, 1.165) is 13.1 Å². The zero-order valence-electron chi connectivity index (χ0n) is 13.6. The maximum atomic E-state index is 11.9. The largest absolute Gasteiger partial charge is 0.341 e. The van der Waals surface area contributed by atoms with E-state index in [1.54, 1.807) is 0 Å². The summed E-state index contributed by atoms with van der Waals surface area (Å²) in [5, 5.41) is 0. The molecule has 0 spiro atoms. The number of carbonyl (C=O) groups is 1. The predicted octanol–water partition coefficient (Wildman–Crippen LogP) is 2.86. The monoisotopic (exact) mass is 256 g/mol. The molecular formula is C15H32N2O. The van der Waals surface area contributed by atoms with Gasteiger partial charge in [-0.3, -0.25) is 9.69 Å². The molecule has 0 radical (unpaired) electrons. The first-order chi connectivity index (χ1) is 8.21. The third-order valence-electron chi connectivity index (χ3n) is 3.73. The lowest BCUT2D eigenvalue weighted by Crippen LogP contribution is -2.56. The van der Waals surface area contributed by atoms with Crippen molar-refractivity contribution in [1.82, 2.24) is 9.80 Å². The van der Waals surface area contributed by atoms with Gasteiger partial charge < -0.3 is 4.90 Å². The smallest absolute Gasteiger partial charge is 0.236 e. The predicted molar refractivity (Wildman–Crippen MR) is 78.6 cm³/mol. The van der Waals surface area contributed by atoms with E-state index in [9.17, 15) is 4.79 Å². The van der Waals surface area contributed by atoms with Crippen LogP contribution in [0.4, 0.5) is 0 Å². The van der Waals surface area contributed by atoms with Crippen LogP contribution in [-0.2, 0) is 4.79 Å². The van der Waals surface area contributed by atoms with Gasteiger partial charge in [0.05, 0.1) is 6.54 Å². The van der Waals surface area contributed by atoms with Gasteiger partial charge in [-0.05, 0) is 32.2 Å². The molecule has 1 aliphatic rings. The van der Waals surface area contributed by atoms with Gasteiger partial charge in [-0.2, -0.15) is 0 Å². The van der Waals surface area contributed by atoms with Crippen molar-refractivity contribution >= 4 is 5.91 Å². The van der Waals surface area contributed by atoms with Crippen molar-refractivity contribution in [2.45, 2.75) is 54.5 Å². The van der Waals surface area contributed by atoms with Crippen LogP contribution in [0.25, 0.3) is 0 Å². The molecule has 1 amide bonds. The molecule has 1 saturated heterocycles. The fourth-order valence-electron chi connectivity index (χ4n) is 1.73. The Balaban J connectivity index is 0.00000137. The lowest BCUT2D eigenvalue weighted by Gasteiger charge is -2.46. The Kier molecular flexibility index (Phi) is 6.90. The first kappa shape index (κ1) is 17.4. The minimum absolute atomic E-state index is 0.275. The Morgan fingerprint density at radius 3 is 2.06 bits per heavy atom. The van der Waals surface area contributed by atoms with Crippen molar-refractivity contribution in [3.8, 4) is 0 Å². The molecule has 108 valence electrons. The molecule has 1 rings (SSSR count). The summed E-state index contributed by atoms with van der Waals surface area (Å²) in [7, 11) is 2.00. The van der Waals surface area contributed by atoms with Crippen molar-refractivity contribution in [1.29, 1.82) is 0 Å². The Hall–Kier alpha value is -0.570. The van der Waals surface area contributed by atoms with Crippen LogP contribution in [0.3, 0.4) is 0 Å². The summed E-state index contributed by atoms with van der Waals surface area (Å²) in [6.07, 6.45) is 0. The highest BCUT2D eigenvalue weighted by molar-refractivity contribution is 5.79. The molecule has 3 heteroatoms. The molecular weight excluding hydrogens is 224 g/mol. The first-order valence-electron chi connectivity index (χ1n) is 7.20. The average molecular weight is 256 g/mol. The summed E-state index contributed by atoms with van der Waals surface area (Å²) in [4.78, 5) is 16.0. The van der Waals surface area contributed by atoms with Crippen LogP contribution in [0.15, 0.2) is 0 Å².